The Kier molecular flexibility index (Phi) is 6.03. The first kappa shape index (κ1) is 23.1. The molecule has 0 spiro atoms. The number of rotatable bonds is 5. The highest BCUT2D eigenvalue weighted by molar-refractivity contribution is 6.01. The second-order valence-corrected chi connectivity index (χ2v) is 8.43. The highest BCUT2D eigenvalue weighted by Crippen LogP contribution is 2.34. The Morgan fingerprint density at radius 3 is 2.49 bits per heavy atom. The number of fused-ring (bicyclic) bond motifs is 3. The summed E-state index contributed by atoms with van der Waals surface area (Å²) >= 11 is 0. The zero-order valence-electron chi connectivity index (χ0n) is 18.6. The van der Waals surface area contributed by atoms with Gasteiger partial charge in [-0.1, -0.05) is 24.3 Å². The van der Waals surface area contributed by atoms with Crippen molar-refractivity contribution in [3.05, 3.63) is 70.3 Å². The molecule has 2 aromatic heterocycles. The van der Waals surface area contributed by atoms with Crippen molar-refractivity contribution in [2.45, 2.75) is 12.7 Å². The van der Waals surface area contributed by atoms with E-state index in [0.717, 1.165) is 11.5 Å². The monoisotopic (exact) mass is 485 g/mol. The van der Waals surface area contributed by atoms with Crippen molar-refractivity contribution in [3.63, 3.8) is 0 Å². The number of hydrogen-bond donors (Lipinski definition) is 2. The molecule has 1 amide bonds. The summed E-state index contributed by atoms with van der Waals surface area (Å²) in [5.41, 5.74) is -0.146. The van der Waals surface area contributed by atoms with Crippen LogP contribution in [-0.4, -0.2) is 58.4 Å². The molecule has 2 N–H and O–H groups in total. The van der Waals surface area contributed by atoms with Gasteiger partial charge >= 0.3 is 6.18 Å². The number of nitrogens with one attached hydrogen (secondary N) is 2. The standard InChI is InChI=1S/C24H22F3N5O3/c25-24(26,27)16-6-2-3-7-17(16)28-20(33)14-32-11-9-31(10-12-32)13-19-29-21-15-5-1-4-8-18(15)35-22(21)23(34)30-19/h1-8H,9-14H2,(H,28,33)(H,29,30,34). The van der Waals surface area contributed by atoms with Crippen LogP contribution in [0.3, 0.4) is 0 Å². The van der Waals surface area contributed by atoms with E-state index in [1.54, 1.807) is 6.07 Å². The minimum Gasteiger partial charge on any atom is -0.449 e. The first-order valence-electron chi connectivity index (χ1n) is 11.1. The summed E-state index contributed by atoms with van der Waals surface area (Å²) in [5, 5.41) is 3.15. The summed E-state index contributed by atoms with van der Waals surface area (Å²) < 4.78 is 45.1. The Labute approximate surface area is 197 Å². The van der Waals surface area contributed by atoms with Crippen LogP contribution in [0.25, 0.3) is 22.1 Å². The van der Waals surface area contributed by atoms with Crippen LogP contribution in [0.2, 0.25) is 0 Å². The number of furan rings is 1. The van der Waals surface area contributed by atoms with E-state index in [0.29, 0.717) is 49.6 Å². The first-order chi connectivity index (χ1) is 16.8. The van der Waals surface area contributed by atoms with Crippen LogP contribution in [0.5, 0.6) is 0 Å². The highest BCUT2D eigenvalue weighted by Gasteiger charge is 2.33. The van der Waals surface area contributed by atoms with Crippen LogP contribution in [0, 0.1) is 0 Å². The average molecular weight is 485 g/mol. The van der Waals surface area contributed by atoms with Crippen LogP contribution in [-0.2, 0) is 17.5 Å². The summed E-state index contributed by atoms with van der Waals surface area (Å²) in [6, 6.07) is 12.2. The SMILES string of the molecule is O=C(CN1CCN(Cc2nc3c(oc4ccccc43)c(=O)[nH]2)CC1)Nc1ccccc1C(F)(F)F. The molecule has 0 atom stereocenters. The van der Waals surface area contributed by atoms with E-state index in [1.165, 1.54) is 18.2 Å². The third kappa shape index (κ3) is 4.91. The van der Waals surface area contributed by atoms with Crippen LogP contribution >= 0.6 is 0 Å². The smallest absolute Gasteiger partial charge is 0.418 e. The number of para-hydroxylation sites is 2. The van der Waals surface area contributed by atoms with Crippen LogP contribution < -0.4 is 10.9 Å². The summed E-state index contributed by atoms with van der Waals surface area (Å²) in [6.45, 7) is 2.73. The van der Waals surface area contributed by atoms with Gasteiger partial charge in [-0.15, -0.1) is 0 Å². The molecule has 8 nitrogen and oxygen atoms in total. The fourth-order valence-electron chi connectivity index (χ4n) is 4.27. The Morgan fingerprint density at radius 1 is 1.03 bits per heavy atom. The van der Waals surface area contributed by atoms with Gasteiger partial charge < -0.3 is 14.7 Å². The second kappa shape index (κ2) is 9.16. The van der Waals surface area contributed by atoms with Crippen molar-refractivity contribution in [2.24, 2.45) is 0 Å². The van der Waals surface area contributed by atoms with Crippen LogP contribution in [0.15, 0.2) is 57.7 Å². The average Bonchev–Trinajstić information content (AvgIpc) is 3.19. The van der Waals surface area contributed by atoms with Crippen molar-refractivity contribution >= 4 is 33.7 Å². The van der Waals surface area contributed by atoms with Gasteiger partial charge in [0.2, 0.25) is 11.5 Å². The molecular weight excluding hydrogens is 463 g/mol. The number of piperazine rings is 1. The van der Waals surface area contributed by atoms with Crippen LogP contribution in [0.1, 0.15) is 11.4 Å². The number of carbonyl (C=O) groups excluding carboxylic acids is 1. The maximum atomic E-state index is 13.1. The maximum Gasteiger partial charge on any atom is 0.418 e. The quantitative estimate of drug-likeness (QED) is 0.450. The normalized spacial score (nSPS) is 15.6. The summed E-state index contributed by atoms with van der Waals surface area (Å²) in [4.78, 5) is 36.2. The number of halogens is 3. The minimum absolute atomic E-state index is 0.0118. The Bertz CT molecular complexity index is 1440. The third-order valence-electron chi connectivity index (χ3n) is 5.99. The van der Waals surface area contributed by atoms with Gasteiger partial charge in [0, 0.05) is 31.6 Å². The van der Waals surface area contributed by atoms with E-state index in [4.69, 9.17) is 4.42 Å². The molecular formula is C24H22F3N5O3. The summed E-state index contributed by atoms with van der Waals surface area (Å²) in [5.74, 6) is 0.0161. The lowest BCUT2D eigenvalue weighted by Gasteiger charge is -2.33. The van der Waals surface area contributed by atoms with Gasteiger partial charge in [0.15, 0.2) is 0 Å². The highest BCUT2D eigenvalue weighted by atomic mass is 19.4. The predicted molar refractivity (Wildman–Crippen MR) is 124 cm³/mol. The molecule has 1 aliphatic heterocycles. The van der Waals surface area contributed by atoms with Gasteiger partial charge in [-0.25, -0.2) is 4.98 Å². The maximum absolute atomic E-state index is 13.1. The lowest BCUT2D eigenvalue weighted by molar-refractivity contribution is -0.137. The number of aromatic nitrogens is 2. The van der Waals surface area contributed by atoms with Gasteiger partial charge in [-0.3, -0.25) is 19.4 Å². The van der Waals surface area contributed by atoms with Gasteiger partial charge in [0.05, 0.1) is 24.3 Å². The molecule has 11 heteroatoms. The van der Waals surface area contributed by atoms with Crippen molar-refractivity contribution < 1.29 is 22.4 Å². The lowest BCUT2D eigenvalue weighted by Crippen LogP contribution is -2.48. The van der Waals surface area contributed by atoms with Crippen molar-refractivity contribution in [3.8, 4) is 0 Å². The Hall–Kier alpha value is -3.70. The molecule has 1 fully saturated rings. The van der Waals surface area contributed by atoms with Crippen LogP contribution in [0.4, 0.5) is 18.9 Å². The number of nitrogens with zero attached hydrogens (tertiary/aromatic N) is 3. The summed E-state index contributed by atoms with van der Waals surface area (Å²) in [6.07, 6.45) is -4.55. The fraction of sp³-hybridized carbons (Fsp3) is 0.292. The molecule has 0 unspecified atom stereocenters. The second-order valence-electron chi connectivity index (χ2n) is 8.43. The number of anilines is 1. The zero-order valence-corrected chi connectivity index (χ0v) is 18.6. The van der Waals surface area contributed by atoms with Gasteiger partial charge in [-0.2, -0.15) is 13.2 Å². The molecule has 0 bridgehead atoms. The topological polar surface area (TPSA) is 94.5 Å². The fourth-order valence-corrected chi connectivity index (χ4v) is 4.27. The number of hydrogen-bond acceptors (Lipinski definition) is 6. The van der Waals surface area contributed by atoms with Crippen molar-refractivity contribution in [1.29, 1.82) is 0 Å². The lowest BCUT2D eigenvalue weighted by atomic mass is 10.1. The minimum atomic E-state index is -4.55. The number of benzene rings is 2. The molecule has 3 heterocycles. The predicted octanol–water partition coefficient (Wildman–Crippen LogP) is 3.44. The molecule has 1 saturated heterocycles. The van der Waals surface area contributed by atoms with Gasteiger partial charge in [0.25, 0.3) is 5.56 Å². The Morgan fingerprint density at radius 2 is 1.71 bits per heavy atom. The molecule has 0 saturated carbocycles. The first-order valence-corrected chi connectivity index (χ1v) is 11.1. The largest absolute Gasteiger partial charge is 0.449 e. The Balaban J connectivity index is 1.19. The van der Waals surface area contributed by atoms with Gasteiger partial charge in [-0.05, 0) is 24.3 Å². The number of amides is 1. The van der Waals surface area contributed by atoms with E-state index in [1.807, 2.05) is 23.1 Å². The number of alkyl halides is 3. The van der Waals surface area contributed by atoms with E-state index in [9.17, 15) is 22.8 Å². The molecule has 0 radical (unpaired) electrons. The molecule has 1 aliphatic rings. The zero-order chi connectivity index (χ0) is 24.6. The van der Waals surface area contributed by atoms with E-state index in [2.05, 4.69) is 20.2 Å². The van der Waals surface area contributed by atoms with E-state index >= 15 is 0 Å². The molecule has 0 aliphatic carbocycles. The number of aromatic amines is 1. The molecule has 35 heavy (non-hydrogen) atoms. The third-order valence-corrected chi connectivity index (χ3v) is 5.99. The number of carbonyl (C=O) groups is 1. The molecule has 5 rings (SSSR count). The molecule has 4 aromatic rings. The van der Waals surface area contributed by atoms with Crippen molar-refractivity contribution in [2.75, 3.05) is 38.0 Å². The van der Waals surface area contributed by atoms with E-state index < -0.39 is 17.6 Å². The molecule has 2 aromatic carbocycles. The van der Waals surface area contributed by atoms with Gasteiger partial charge in [0.1, 0.15) is 16.9 Å². The molecule has 182 valence electrons. The number of H-pyrrole nitrogens is 1. The van der Waals surface area contributed by atoms with E-state index in [-0.39, 0.29) is 23.4 Å². The summed E-state index contributed by atoms with van der Waals surface area (Å²) in [7, 11) is 0. The van der Waals surface area contributed by atoms with Crippen molar-refractivity contribution in [1.82, 2.24) is 19.8 Å².